The average molecular weight is 257 g/mol. The van der Waals surface area contributed by atoms with Gasteiger partial charge in [0.25, 0.3) is 0 Å². The van der Waals surface area contributed by atoms with E-state index in [0.717, 1.165) is 0 Å². The summed E-state index contributed by atoms with van der Waals surface area (Å²) in [6.07, 6.45) is 0. The summed E-state index contributed by atoms with van der Waals surface area (Å²) >= 11 is 0. The smallest absolute Gasteiger partial charge is 0.340 e. The maximum Gasteiger partial charge on any atom is 0.340 e. The molecule has 0 amide bonds. The number of hydrogen-bond acceptors (Lipinski definition) is 5. The minimum atomic E-state index is -0.816. The SMILES string of the molecule is CCOc1cc(C(=O)OC)c(N)c(F)c1OCC. The highest BCUT2D eigenvalue weighted by Gasteiger charge is 2.22. The minimum Gasteiger partial charge on any atom is -0.490 e. The van der Waals surface area contributed by atoms with Crippen molar-refractivity contribution in [1.29, 1.82) is 0 Å². The number of benzene rings is 1. The fraction of sp³-hybridized carbons (Fsp3) is 0.417. The van der Waals surface area contributed by atoms with Gasteiger partial charge in [0.05, 0.1) is 31.6 Å². The van der Waals surface area contributed by atoms with E-state index in [1.807, 2.05) is 0 Å². The van der Waals surface area contributed by atoms with Crippen LogP contribution in [-0.4, -0.2) is 26.3 Å². The van der Waals surface area contributed by atoms with Gasteiger partial charge < -0.3 is 19.9 Å². The maximum atomic E-state index is 14.0. The van der Waals surface area contributed by atoms with Gasteiger partial charge in [0.2, 0.25) is 0 Å². The molecule has 0 fully saturated rings. The number of hydrogen-bond donors (Lipinski definition) is 1. The van der Waals surface area contributed by atoms with Crippen LogP contribution in [0.1, 0.15) is 24.2 Å². The summed E-state index contributed by atoms with van der Waals surface area (Å²) in [6, 6.07) is 1.32. The van der Waals surface area contributed by atoms with Gasteiger partial charge in [-0.1, -0.05) is 0 Å². The van der Waals surface area contributed by atoms with Gasteiger partial charge in [-0.25, -0.2) is 9.18 Å². The summed E-state index contributed by atoms with van der Waals surface area (Å²) in [5.74, 6) is -1.51. The van der Waals surface area contributed by atoms with E-state index < -0.39 is 11.8 Å². The Morgan fingerprint density at radius 2 is 1.94 bits per heavy atom. The zero-order chi connectivity index (χ0) is 13.7. The molecule has 1 aromatic carbocycles. The van der Waals surface area contributed by atoms with Crippen molar-refractivity contribution in [2.75, 3.05) is 26.1 Å². The van der Waals surface area contributed by atoms with Gasteiger partial charge in [0, 0.05) is 6.07 Å². The number of rotatable bonds is 5. The van der Waals surface area contributed by atoms with Crippen molar-refractivity contribution in [2.45, 2.75) is 13.8 Å². The van der Waals surface area contributed by atoms with Gasteiger partial charge in [0.15, 0.2) is 17.3 Å². The van der Waals surface area contributed by atoms with Crippen LogP contribution < -0.4 is 15.2 Å². The number of esters is 1. The van der Waals surface area contributed by atoms with Gasteiger partial charge in [-0.2, -0.15) is 0 Å². The lowest BCUT2D eigenvalue weighted by Crippen LogP contribution is -2.10. The molecule has 6 heteroatoms. The normalized spacial score (nSPS) is 10.0. The number of nitrogens with two attached hydrogens (primary N) is 1. The third kappa shape index (κ3) is 2.64. The zero-order valence-corrected chi connectivity index (χ0v) is 10.6. The van der Waals surface area contributed by atoms with Gasteiger partial charge >= 0.3 is 5.97 Å². The van der Waals surface area contributed by atoms with E-state index in [9.17, 15) is 9.18 Å². The van der Waals surface area contributed by atoms with Crippen molar-refractivity contribution < 1.29 is 23.4 Å². The lowest BCUT2D eigenvalue weighted by molar-refractivity contribution is 0.0601. The number of halogens is 1. The number of nitrogen functional groups attached to an aromatic ring is 1. The average Bonchev–Trinajstić information content (AvgIpc) is 2.37. The molecule has 0 saturated heterocycles. The standard InChI is InChI=1S/C12H16FNO4/c1-4-17-8-6-7(12(15)16-3)10(14)9(13)11(8)18-5-2/h6H,4-5,14H2,1-3H3. The zero-order valence-electron chi connectivity index (χ0n) is 10.6. The Morgan fingerprint density at radius 1 is 1.33 bits per heavy atom. The summed E-state index contributed by atoms with van der Waals surface area (Å²) in [5, 5.41) is 0. The molecule has 0 saturated carbocycles. The molecule has 0 aliphatic rings. The molecule has 0 unspecified atom stereocenters. The van der Waals surface area contributed by atoms with Crippen LogP contribution in [0.25, 0.3) is 0 Å². The summed E-state index contributed by atoms with van der Waals surface area (Å²) in [7, 11) is 1.19. The second kappa shape index (κ2) is 6.09. The van der Waals surface area contributed by atoms with Crippen molar-refractivity contribution in [3.8, 4) is 11.5 Å². The molecule has 2 N–H and O–H groups in total. The molecule has 0 atom stereocenters. The first-order valence-electron chi connectivity index (χ1n) is 5.52. The third-order valence-electron chi connectivity index (χ3n) is 2.22. The minimum absolute atomic E-state index is 0.0816. The number of anilines is 1. The molecule has 18 heavy (non-hydrogen) atoms. The Kier molecular flexibility index (Phi) is 4.76. The first-order valence-corrected chi connectivity index (χ1v) is 5.52. The number of ether oxygens (including phenoxy) is 3. The molecule has 5 nitrogen and oxygen atoms in total. The van der Waals surface area contributed by atoms with E-state index in [1.54, 1.807) is 13.8 Å². The van der Waals surface area contributed by atoms with Crippen LogP contribution in [0.15, 0.2) is 6.07 Å². The molecule has 0 aliphatic carbocycles. The number of methoxy groups -OCH3 is 1. The van der Waals surface area contributed by atoms with E-state index in [-0.39, 0.29) is 29.4 Å². The highest BCUT2D eigenvalue weighted by molar-refractivity contribution is 5.96. The van der Waals surface area contributed by atoms with Gasteiger partial charge in [0.1, 0.15) is 0 Å². The van der Waals surface area contributed by atoms with Crippen LogP contribution in [0.3, 0.4) is 0 Å². The molecule has 1 rings (SSSR count). The largest absolute Gasteiger partial charge is 0.490 e. The second-order valence-corrected chi connectivity index (χ2v) is 3.34. The van der Waals surface area contributed by atoms with E-state index in [2.05, 4.69) is 4.74 Å². The summed E-state index contributed by atoms with van der Waals surface area (Å²) in [6.45, 7) is 4.01. The molecule has 100 valence electrons. The lowest BCUT2D eigenvalue weighted by Gasteiger charge is -2.15. The fourth-order valence-electron chi connectivity index (χ4n) is 1.44. The Hall–Kier alpha value is -1.98. The van der Waals surface area contributed by atoms with Crippen molar-refractivity contribution >= 4 is 11.7 Å². The van der Waals surface area contributed by atoms with Crippen molar-refractivity contribution in [3.63, 3.8) is 0 Å². The number of carbonyl (C=O) groups excluding carboxylic acids is 1. The number of carbonyl (C=O) groups is 1. The molecular weight excluding hydrogens is 241 g/mol. The molecular formula is C12H16FNO4. The van der Waals surface area contributed by atoms with E-state index in [0.29, 0.717) is 6.61 Å². The highest BCUT2D eigenvalue weighted by atomic mass is 19.1. The Bertz CT molecular complexity index is 448. The fourth-order valence-corrected chi connectivity index (χ4v) is 1.44. The molecule has 0 aromatic heterocycles. The predicted octanol–water partition coefficient (Wildman–Crippen LogP) is 1.99. The molecule has 0 radical (unpaired) electrons. The molecule has 0 spiro atoms. The van der Waals surface area contributed by atoms with Gasteiger partial charge in [-0.3, -0.25) is 0 Å². The first kappa shape index (κ1) is 14.1. The van der Waals surface area contributed by atoms with Crippen molar-refractivity contribution in [2.24, 2.45) is 0 Å². The maximum absolute atomic E-state index is 14.0. The third-order valence-corrected chi connectivity index (χ3v) is 2.22. The summed E-state index contributed by atoms with van der Waals surface area (Å²) in [4.78, 5) is 11.4. The highest BCUT2D eigenvalue weighted by Crippen LogP contribution is 2.36. The van der Waals surface area contributed by atoms with Crippen LogP contribution in [0.4, 0.5) is 10.1 Å². The molecule has 0 aliphatic heterocycles. The van der Waals surface area contributed by atoms with Gasteiger partial charge in [-0.15, -0.1) is 0 Å². The van der Waals surface area contributed by atoms with Crippen molar-refractivity contribution in [1.82, 2.24) is 0 Å². The predicted molar refractivity (Wildman–Crippen MR) is 64.5 cm³/mol. The topological polar surface area (TPSA) is 70.8 Å². The Morgan fingerprint density at radius 3 is 2.44 bits per heavy atom. The first-order chi connectivity index (χ1) is 8.56. The molecule has 1 aromatic rings. The lowest BCUT2D eigenvalue weighted by atomic mass is 10.1. The Labute approximate surface area is 105 Å². The summed E-state index contributed by atoms with van der Waals surface area (Å²) < 4.78 is 28.9. The van der Waals surface area contributed by atoms with Crippen LogP contribution in [-0.2, 0) is 4.74 Å². The van der Waals surface area contributed by atoms with Crippen LogP contribution in [0.2, 0.25) is 0 Å². The van der Waals surface area contributed by atoms with E-state index in [4.69, 9.17) is 15.2 Å². The van der Waals surface area contributed by atoms with Crippen LogP contribution in [0.5, 0.6) is 11.5 Å². The monoisotopic (exact) mass is 257 g/mol. The van der Waals surface area contributed by atoms with Gasteiger partial charge in [-0.05, 0) is 13.8 Å². The van der Waals surface area contributed by atoms with Crippen LogP contribution >= 0.6 is 0 Å². The Balaban J connectivity index is 3.37. The second-order valence-electron chi connectivity index (χ2n) is 3.34. The van der Waals surface area contributed by atoms with E-state index >= 15 is 0 Å². The molecule has 0 heterocycles. The quantitative estimate of drug-likeness (QED) is 0.645. The van der Waals surface area contributed by atoms with E-state index in [1.165, 1.54) is 13.2 Å². The van der Waals surface area contributed by atoms with Crippen molar-refractivity contribution in [3.05, 3.63) is 17.4 Å². The van der Waals surface area contributed by atoms with Crippen LogP contribution in [0, 0.1) is 5.82 Å². The summed E-state index contributed by atoms with van der Waals surface area (Å²) in [5.41, 5.74) is 5.15. The molecule has 0 bridgehead atoms.